The standard InChI is InChI=1S/C19H29N3O3/c1-14-7-8-20-15(13-14)19(5,6)16(23)21-9-11-22(12-10-21)17(24)25-18(2,3)4/h7-8,13H,9-12H2,1-6H3. The number of carbonyl (C=O) groups excluding carboxylic acids is 2. The third kappa shape index (κ3) is 4.71. The Morgan fingerprint density at radius 2 is 1.60 bits per heavy atom. The molecule has 0 N–H and O–H groups in total. The van der Waals surface area contributed by atoms with Crippen molar-refractivity contribution in [3.63, 3.8) is 0 Å². The summed E-state index contributed by atoms with van der Waals surface area (Å²) in [6.45, 7) is 13.3. The summed E-state index contributed by atoms with van der Waals surface area (Å²) in [7, 11) is 0. The van der Waals surface area contributed by atoms with Crippen LogP contribution in [0, 0.1) is 6.92 Å². The fourth-order valence-electron chi connectivity index (χ4n) is 2.80. The highest BCUT2D eigenvalue weighted by Crippen LogP contribution is 2.25. The molecule has 0 unspecified atom stereocenters. The molecule has 0 radical (unpaired) electrons. The number of amides is 2. The number of hydrogen-bond donors (Lipinski definition) is 0. The van der Waals surface area contributed by atoms with Crippen molar-refractivity contribution >= 4 is 12.0 Å². The highest BCUT2D eigenvalue weighted by molar-refractivity contribution is 5.87. The van der Waals surface area contributed by atoms with Crippen LogP contribution in [0.4, 0.5) is 4.79 Å². The van der Waals surface area contributed by atoms with Crippen LogP contribution in [-0.2, 0) is 14.9 Å². The van der Waals surface area contributed by atoms with Gasteiger partial charge < -0.3 is 14.5 Å². The van der Waals surface area contributed by atoms with E-state index in [2.05, 4.69) is 4.98 Å². The van der Waals surface area contributed by atoms with Gasteiger partial charge in [-0.25, -0.2) is 4.79 Å². The van der Waals surface area contributed by atoms with Crippen molar-refractivity contribution in [2.45, 2.75) is 52.6 Å². The summed E-state index contributed by atoms with van der Waals surface area (Å²) in [5.74, 6) is 0.0365. The molecule has 1 fully saturated rings. The molecular weight excluding hydrogens is 318 g/mol. The quantitative estimate of drug-likeness (QED) is 0.825. The van der Waals surface area contributed by atoms with Gasteiger partial charge in [-0.2, -0.15) is 0 Å². The molecule has 1 aromatic rings. The van der Waals surface area contributed by atoms with Gasteiger partial charge in [0.25, 0.3) is 0 Å². The lowest BCUT2D eigenvalue weighted by Crippen LogP contribution is -2.55. The van der Waals surface area contributed by atoms with Gasteiger partial charge in [0.2, 0.25) is 5.91 Å². The molecule has 2 heterocycles. The smallest absolute Gasteiger partial charge is 0.410 e. The fourth-order valence-corrected chi connectivity index (χ4v) is 2.80. The number of aryl methyl sites for hydroxylation is 1. The minimum absolute atomic E-state index is 0.0365. The molecule has 0 saturated carbocycles. The van der Waals surface area contributed by atoms with Crippen LogP contribution in [-0.4, -0.2) is 58.6 Å². The van der Waals surface area contributed by atoms with E-state index in [0.29, 0.717) is 26.2 Å². The Balaban J connectivity index is 2.00. The first-order valence-corrected chi connectivity index (χ1v) is 8.71. The number of pyridine rings is 1. The van der Waals surface area contributed by atoms with Crippen LogP contribution >= 0.6 is 0 Å². The second-order valence-electron chi connectivity index (χ2n) is 8.10. The molecule has 0 bridgehead atoms. The first-order valence-electron chi connectivity index (χ1n) is 8.71. The lowest BCUT2D eigenvalue weighted by molar-refractivity contribution is -0.138. The summed E-state index contributed by atoms with van der Waals surface area (Å²) in [5, 5.41) is 0. The van der Waals surface area contributed by atoms with Crippen LogP contribution in [0.5, 0.6) is 0 Å². The first kappa shape index (κ1) is 19.2. The largest absolute Gasteiger partial charge is 0.444 e. The first-order chi connectivity index (χ1) is 11.5. The molecule has 138 valence electrons. The van der Waals surface area contributed by atoms with Gasteiger partial charge in [-0.15, -0.1) is 0 Å². The van der Waals surface area contributed by atoms with E-state index in [-0.39, 0.29) is 12.0 Å². The molecular formula is C19H29N3O3. The molecule has 1 aliphatic rings. The predicted molar refractivity (Wildman–Crippen MR) is 96.4 cm³/mol. The van der Waals surface area contributed by atoms with E-state index in [1.54, 1.807) is 11.1 Å². The maximum absolute atomic E-state index is 13.0. The van der Waals surface area contributed by atoms with Gasteiger partial charge in [-0.3, -0.25) is 9.78 Å². The number of piperazine rings is 1. The van der Waals surface area contributed by atoms with Gasteiger partial charge in [-0.05, 0) is 59.2 Å². The topological polar surface area (TPSA) is 62.7 Å². The maximum atomic E-state index is 13.0. The van der Waals surface area contributed by atoms with Crippen LogP contribution in [0.2, 0.25) is 0 Å². The monoisotopic (exact) mass is 347 g/mol. The normalized spacial score (nSPS) is 15.9. The van der Waals surface area contributed by atoms with Crippen molar-refractivity contribution in [2.75, 3.05) is 26.2 Å². The van der Waals surface area contributed by atoms with Crippen LogP contribution in [0.15, 0.2) is 18.3 Å². The lowest BCUT2D eigenvalue weighted by atomic mass is 9.86. The second-order valence-corrected chi connectivity index (χ2v) is 8.10. The number of carbonyl (C=O) groups is 2. The Hall–Kier alpha value is -2.11. The number of nitrogens with zero attached hydrogens (tertiary/aromatic N) is 3. The Labute approximate surface area is 150 Å². The summed E-state index contributed by atoms with van der Waals surface area (Å²) in [5.41, 5.74) is 0.649. The highest BCUT2D eigenvalue weighted by atomic mass is 16.6. The minimum Gasteiger partial charge on any atom is -0.444 e. The van der Waals surface area contributed by atoms with Crippen LogP contribution < -0.4 is 0 Å². The lowest BCUT2D eigenvalue weighted by Gasteiger charge is -2.38. The molecule has 1 saturated heterocycles. The molecule has 1 aromatic heterocycles. The molecule has 0 spiro atoms. The predicted octanol–water partition coefficient (Wildman–Crippen LogP) is 2.75. The Morgan fingerprint density at radius 1 is 1.04 bits per heavy atom. The number of aromatic nitrogens is 1. The average Bonchev–Trinajstić information content (AvgIpc) is 2.52. The fraction of sp³-hybridized carbons (Fsp3) is 0.632. The summed E-state index contributed by atoms with van der Waals surface area (Å²) >= 11 is 0. The van der Waals surface area contributed by atoms with E-state index in [1.165, 1.54) is 0 Å². The number of rotatable bonds is 2. The van der Waals surface area contributed by atoms with Crippen molar-refractivity contribution < 1.29 is 14.3 Å². The summed E-state index contributed by atoms with van der Waals surface area (Å²) in [6, 6.07) is 3.87. The van der Waals surface area contributed by atoms with E-state index in [4.69, 9.17) is 4.74 Å². The minimum atomic E-state index is -0.694. The van der Waals surface area contributed by atoms with Crippen molar-refractivity contribution in [3.8, 4) is 0 Å². The van der Waals surface area contributed by atoms with Gasteiger partial charge in [0, 0.05) is 32.4 Å². The zero-order chi connectivity index (χ0) is 18.8. The zero-order valence-electron chi connectivity index (χ0n) is 16.1. The van der Waals surface area contributed by atoms with Gasteiger partial charge in [0.1, 0.15) is 5.60 Å². The van der Waals surface area contributed by atoms with Crippen molar-refractivity contribution in [1.29, 1.82) is 0 Å². The Kier molecular flexibility index (Phi) is 5.40. The molecule has 6 nitrogen and oxygen atoms in total. The molecule has 2 amide bonds. The molecule has 25 heavy (non-hydrogen) atoms. The number of ether oxygens (including phenoxy) is 1. The summed E-state index contributed by atoms with van der Waals surface area (Å²) < 4.78 is 5.40. The molecule has 6 heteroatoms. The summed E-state index contributed by atoms with van der Waals surface area (Å²) in [6.07, 6.45) is 1.42. The van der Waals surface area contributed by atoms with Gasteiger partial charge >= 0.3 is 6.09 Å². The van der Waals surface area contributed by atoms with E-state index in [9.17, 15) is 9.59 Å². The molecule has 0 aliphatic carbocycles. The highest BCUT2D eigenvalue weighted by Gasteiger charge is 2.37. The molecule has 1 aliphatic heterocycles. The van der Waals surface area contributed by atoms with Crippen LogP contribution in [0.3, 0.4) is 0 Å². The maximum Gasteiger partial charge on any atom is 0.410 e. The van der Waals surface area contributed by atoms with Crippen LogP contribution in [0.1, 0.15) is 45.9 Å². The van der Waals surface area contributed by atoms with Gasteiger partial charge in [0.15, 0.2) is 0 Å². The molecule has 2 rings (SSSR count). The third-order valence-corrected chi connectivity index (χ3v) is 4.31. The molecule has 0 atom stereocenters. The van der Waals surface area contributed by atoms with Crippen molar-refractivity contribution in [3.05, 3.63) is 29.6 Å². The van der Waals surface area contributed by atoms with E-state index in [1.807, 2.05) is 58.6 Å². The second kappa shape index (κ2) is 7.02. The van der Waals surface area contributed by atoms with Crippen molar-refractivity contribution in [2.24, 2.45) is 0 Å². The number of hydrogen-bond acceptors (Lipinski definition) is 4. The zero-order valence-corrected chi connectivity index (χ0v) is 16.1. The van der Waals surface area contributed by atoms with Gasteiger partial charge in [0.05, 0.1) is 11.1 Å². The Morgan fingerprint density at radius 3 is 2.12 bits per heavy atom. The molecule has 0 aromatic carbocycles. The van der Waals surface area contributed by atoms with Crippen LogP contribution in [0.25, 0.3) is 0 Å². The van der Waals surface area contributed by atoms with E-state index < -0.39 is 11.0 Å². The van der Waals surface area contributed by atoms with E-state index in [0.717, 1.165) is 11.3 Å². The SMILES string of the molecule is Cc1ccnc(C(C)(C)C(=O)N2CCN(C(=O)OC(C)(C)C)CC2)c1. The van der Waals surface area contributed by atoms with Crippen molar-refractivity contribution in [1.82, 2.24) is 14.8 Å². The third-order valence-electron chi connectivity index (χ3n) is 4.31. The summed E-state index contributed by atoms with van der Waals surface area (Å²) in [4.78, 5) is 33.0. The van der Waals surface area contributed by atoms with Gasteiger partial charge in [-0.1, -0.05) is 0 Å². The van der Waals surface area contributed by atoms with E-state index >= 15 is 0 Å². The Bertz CT molecular complexity index is 642. The average molecular weight is 347 g/mol.